The molecule has 22 heavy (non-hydrogen) atoms. The maximum Gasteiger partial charge on any atom is 0.362 e. The molecule has 0 saturated heterocycles. The molecule has 0 saturated carbocycles. The minimum atomic E-state index is -0.674. The number of nitrogens with zero attached hydrogens (tertiary/aromatic N) is 3. The normalized spacial score (nSPS) is 10.6. The van der Waals surface area contributed by atoms with Gasteiger partial charge in [-0.3, -0.25) is 10.2 Å². The van der Waals surface area contributed by atoms with Crippen LogP contribution in [0.5, 0.6) is 0 Å². The summed E-state index contributed by atoms with van der Waals surface area (Å²) in [6.45, 7) is 1.52. The van der Waals surface area contributed by atoms with Gasteiger partial charge < -0.3 is 4.42 Å². The summed E-state index contributed by atoms with van der Waals surface area (Å²) in [5, 5.41) is 5.60. The molecule has 2 N–H and O–H groups in total. The summed E-state index contributed by atoms with van der Waals surface area (Å²) in [6.07, 6.45) is 1.10. The van der Waals surface area contributed by atoms with Gasteiger partial charge in [-0.2, -0.15) is 9.77 Å². The zero-order valence-electron chi connectivity index (χ0n) is 11.3. The average Bonchev–Trinajstić information content (AvgIpc) is 3.06. The fourth-order valence-corrected chi connectivity index (χ4v) is 1.85. The first-order valence-corrected chi connectivity index (χ1v) is 6.22. The van der Waals surface area contributed by atoms with Crippen molar-refractivity contribution in [3.05, 3.63) is 58.3 Å². The number of oxazole rings is 1. The van der Waals surface area contributed by atoms with E-state index in [0.717, 1.165) is 11.0 Å². The van der Waals surface area contributed by atoms with E-state index >= 15 is 0 Å². The van der Waals surface area contributed by atoms with Crippen LogP contribution in [-0.4, -0.2) is 25.8 Å². The van der Waals surface area contributed by atoms with Gasteiger partial charge in [-0.15, -0.1) is 0 Å². The molecule has 1 aromatic carbocycles. The molecular formula is C13H10FN5O3. The van der Waals surface area contributed by atoms with Crippen LogP contribution in [-0.2, 0) is 0 Å². The molecule has 2 aromatic heterocycles. The van der Waals surface area contributed by atoms with Gasteiger partial charge >= 0.3 is 5.69 Å². The molecule has 0 aliphatic carbocycles. The van der Waals surface area contributed by atoms with E-state index in [9.17, 15) is 14.0 Å². The van der Waals surface area contributed by atoms with Gasteiger partial charge in [0.25, 0.3) is 5.91 Å². The number of aryl methyl sites for hydroxylation is 1. The number of carbonyl (C=O) groups excluding carboxylic acids is 1. The molecule has 0 radical (unpaired) electrons. The second-order valence-electron chi connectivity index (χ2n) is 4.38. The molecule has 0 spiro atoms. The summed E-state index contributed by atoms with van der Waals surface area (Å²) in [6, 6.07) is 5.92. The van der Waals surface area contributed by atoms with Crippen LogP contribution in [0, 0.1) is 12.7 Å². The van der Waals surface area contributed by atoms with Crippen molar-refractivity contribution in [2.45, 2.75) is 6.92 Å². The number of amides is 1. The van der Waals surface area contributed by atoms with Crippen LogP contribution >= 0.6 is 0 Å². The molecule has 0 fully saturated rings. The van der Waals surface area contributed by atoms with Crippen LogP contribution in [0.1, 0.15) is 16.2 Å². The molecule has 1 amide bonds. The topological polar surface area (TPSA) is 106 Å². The number of benzene rings is 1. The molecule has 0 atom stereocenters. The van der Waals surface area contributed by atoms with E-state index < -0.39 is 17.4 Å². The molecule has 0 aliphatic rings. The van der Waals surface area contributed by atoms with Crippen LogP contribution in [0.15, 0.2) is 39.8 Å². The fraction of sp³-hybridized carbons (Fsp3) is 0.0769. The fourth-order valence-electron chi connectivity index (χ4n) is 1.85. The van der Waals surface area contributed by atoms with Crippen LogP contribution in [0.25, 0.3) is 11.5 Å². The van der Waals surface area contributed by atoms with Gasteiger partial charge in [0.15, 0.2) is 5.69 Å². The van der Waals surface area contributed by atoms with Crippen molar-refractivity contribution in [1.29, 1.82) is 0 Å². The van der Waals surface area contributed by atoms with E-state index in [1.54, 1.807) is 6.07 Å². The number of aromatic nitrogens is 4. The molecule has 8 nitrogen and oxygen atoms in total. The molecule has 9 heteroatoms. The second-order valence-corrected chi connectivity index (χ2v) is 4.38. The number of hydrogen-bond acceptors (Lipinski definition) is 5. The molecular weight excluding hydrogens is 293 g/mol. The Labute approximate surface area is 122 Å². The van der Waals surface area contributed by atoms with Gasteiger partial charge in [-0.1, -0.05) is 12.1 Å². The van der Waals surface area contributed by atoms with Gasteiger partial charge in [0, 0.05) is 0 Å². The lowest BCUT2D eigenvalue weighted by molar-refractivity contribution is 0.100. The summed E-state index contributed by atoms with van der Waals surface area (Å²) < 4.78 is 19.9. The van der Waals surface area contributed by atoms with E-state index in [1.807, 2.05) is 0 Å². The van der Waals surface area contributed by atoms with Crippen LogP contribution in [0.2, 0.25) is 0 Å². The monoisotopic (exact) mass is 303 g/mol. The first-order valence-electron chi connectivity index (χ1n) is 6.22. The van der Waals surface area contributed by atoms with E-state index in [-0.39, 0.29) is 22.9 Å². The Balaban J connectivity index is 1.93. The van der Waals surface area contributed by atoms with Crippen LogP contribution in [0.3, 0.4) is 0 Å². The third-order valence-corrected chi connectivity index (χ3v) is 2.89. The Kier molecular flexibility index (Phi) is 3.30. The van der Waals surface area contributed by atoms with Crippen molar-refractivity contribution >= 4 is 5.91 Å². The van der Waals surface area contributed by atoms with Crippen molar-refractivity contribution in [2.24, 2.45) is 0 Å². The maximum absolute atomic E-state index is 13.7. The maximum atomic E-state index is 13.7. The Morgan fingerprint density at radius 3 is 2.86 bits per heavy atom. The summed E-state index contributed by atoms with van der Waals surface area (Å²) >= 11 is 0. The van der Waals surface area contributed by atoms with Crippen LogP contribution in [0.4, 0.5) is 4.39 Å². The number of carbonyl (C=O) groups is 1. The van der Waals surface area contributed by atoms with E-state index in [0.29, 0.717) is 0 Å². The molecule has 0 unspecified atom stereocenters. The summed E-state index contributed by atoms with van der Waals surface area (Å²) in [7, 11) is 0. The number of hydrogen-bond donors (Lipinski definition) is 2. The predicted molar refractivity (Wildman–Crippen MR) is 73.2 cm³/mol. The van der Waals surface area contributed by atoms with Crippen molar-refractivity contribution in [1.82, 2.24) is 19.9 Å². The number of aromatic amines is 1. The zero-order valence-corrected chi connectivity index (χ0v) is 11.3. The quantitative estimate of drug-likeness (QED) is 0.752. The molecule has 0 aliphatic heterocycles. The zero-order chi connectivity index (χ0) is 15.7. The Hall–Kier alpha value is -3.23. The van der Waals surface area contributed by atoms with Gasteiger partial charge in [-0.25, -0.2) is 19.3 Å². The van der Waals surface area contributed by atoms with Crippen LogP contribution < -0.4 is 11.1 Å². The first kappa shape index (κ1) is 13.7. The average molecular weight is 303 g/mol. The molecule has 112 valence electrons. The molecule has 3 aromatic rings. The largest absolute Gasteiger partial charge is 0.440 e. The standard InChI is InChI=1S/C13H10FN5O3/c1-7-10(11(20)18-19-6-15-17-13(19)21)16-12(22-7)8-4-2-3-5-9(8)14/h2-6H,1H3,(H,17,21)(H,18,20). The summed E-state index contributed by atoms with van der Waals surface area (Å²) in [4.78, 5) is 27.4. The highest BCUT2D eigenvalue weighted by Gasteiger charge is 2.20. The van der Waals surface area contributed by atoms with Gasteiger partial charge in [-0.05, 0) is 19.1 Å². The number of H-pyrrole nitrogens is 1. The number of halogens is 1. The lowest BCUT2D eigenvalue weighted by atomic mass is 10.2. The molecule has 3 rings (SSSR count). The van der Waals surface area contributed by atoms with Crippen molar-refractivity contribution in [3.63, 3.8) is 0 Å². The smallest absolute Gasteiger partial charge is 0.362 e. The van der Waals surface area contributed by atoms with Gasteiger partial charge in [0.05, 0.1) is 5.56 Å². The first-order chi connectivity index (χ1) is 10.6. The lowest BCUT2D eigenvalue weighted by Crippen LogP contribution is -2.31. The van der Waals surface area contributed by atoms with Crippen molar-refractivity contribution in [2.75, 3.05) is 5.43 Å². The highest BCUT2D eigenvalue weighted by molar-refractivity contribution is 5.99. The van der Waals surface area contributed by atoms with Crippen molar-refractivity contribution in [3.8, 4) is 11.5 Å². The van der Waals surface area contributed by atoms with E-state index in [4.69, 9.17) is 4.42 Å². The molecule has 2 heterocycles. The number of nitrogens with one attached hydrogen (secondary N) is 2. The highest BCUT2D eigenvalue weighted by atomic mass is 19.1. The predicted octanol–water partition coefficient (Wildman–Crippen LogP) is 1.06. The summed E-state index contributed by atoms with van der Waals surface area (Å²) in [5.74, 6) is -0.998. The highest BCUT2D eigenvalue weighted by Crippen LogP contribution is 2.24. The van der Waals surface area contributed by atoms with Gasteiger partial charge in [0.2, 0.25) is 5.89 Å². The summed E-state index contributed by atoms with van der Waals surface area (Å²) in [5.41, 5.74) is 1.77. The SMILES string of the molecule is Cc1oc(-c2ccccc2F)nc1C(=O)Nn1cn[nH]c1=O. The third kappa shape index (κ3) is 2.39. The van der Waals surface area contributed by atoms with E-state index in [1.165, 1.54) is 25.1 Å². The van der Waals surface area contributed by atoms with Crippen molar-refractivity contribution < 1.29 is 13.6 Å². The Morgan fingerprint density at radius 1 is 1.41 bits per heavy atom. The lowest BCUT2D eigenvalue weighted by Gasteiger charge is -2.00. The Morgan fingerprint density at radius 2 is 2.18 bits per heavy atom. The Bertz CT molecular complexity index is 895. The minimum absolute atomic E-state index is 0.0136. The minimum Gasteiger partial charge on any atom is -0.440 e. The third-order valence-electron chi connectivity index (χ3n) is 2.89. The van der Waals surface area contributed by atoms with Gasteiger partial charge in [0.1, 0.15) is 17.9 Å². The molecule has 0 bridgehead atoms. The second kappa shape index (κ2) is 5.28. The van der Waals surface area contributed by atoms with E-state index in [2.05, 4.69) is 20.6 Å². The number of rotatable bonds is 3.